The number of nitrogens with zero attached hydrogens (tertiary/aromatic N) is 2. The lowest BCUT2D eigenvalue weighted by atomic mass is 9.94. The summed E-state index contributed by atoms with van der Waals surface area (Å²) in [7, 11) is 0. The van der Waals surface area contributed by atoms with Crippen molar-refractivity contribution in [2.24, 2.45) is 0 Å². The maximum atomic E-state index is 2.61. The van der Waals surface area contributed by atoms with Gasteiger partial charge in [-0.15, -0.1) is 0 Å². The van der Waals surface area contributed by atoms with Crippen molar-refractivity contribution in [2.75, 3.05) is 18.1 Å². The minimum absolute atomic E-state index is 0.477. The van der Waals surface area contributed by atoms with Gasteiger partial charge in [0, 0.05) is 11.7 Å². The largest absolute Gasteiger partial charge is 0.350 e. The molecule has 2 nitrogen and oxygen atoms in total. The van der Waals surface area contributed by atoms with Crippen molar-refractivity contribution >= 4 is 5.69 Å². The number of fused-ring (bicyclic) bond motifs is 5. The molecule has 1 saturated heterocycles. The first-order valence-electron chi connectivity index (χ1n) is 7.96. The highest BCUT2D eigenvalue weighted by molar-refractivity contribution is 5.61. The fourth-order valence-electron chi connectivity index (χ4n) is 4.04. The lowest BCUT2D eigenvalue weighted by molar-refractivity contribution is 0.273. The number of hydrogen-bond acceptors (Lipinski definition) is 2. The van der Waals surface area contributed by atoms with Gasteiger partial charge in [-0.25, -0.2) is 0 Å². The summed E-state index contributed by atoms with van der Waals surface area (Å²) < 4.78 is 0. The van der Waals surface area contributed by atoms with Crippen LogP contribution in [-0.2, 0) is 6.42 Å². The van der Waals surface area contributed by atoms with E-state index in [4.69, 9.17) is 0 Å². The number of hydrogen-bond donors (Lipinski definition) is 0. The fourth-order valence-corrected chi connectivity index (χ4v) is 4.04. The molecular weight excluding hydrogens is 256 g/mol. The highest BCUT2D eigenvalue weighted by Crippen LogP contribution is 2.43. The molecule has 2 aliphatic rings. The van der Waals surface area contributed by atoms with Gasteiger partial charge in [-0.05, 0) is 42.6 Å². The maximum Gasteiger partial charge on any atom is 0.0717 e. The molecule has 0 spiro atoms. The Labute approximate surface area is 127 Å². The second kappa shape index (κ2) is 4.88. The second-order valence-electron chi connectivity index (χ2n) is 6.21. The van der Waals surface area contributed by atoms with Gasteiger partial charge < -0.3 is 4.90 Å². The van der Waals surface area contributed by atoms with Crippen molar-refractivity contribution in [3.05, 3.63) is 65.2 Å². The summed E-state index contributed by atoms with van der Waals surface area (Å²) in [6.45, 7) is 6.78. The van der Waals surface area contributed by atoms with E-state index in [9.17, 15) is 0 Å². The van der Waals surface area contributed by atoms with Crippen LogP contribution in [0.5, 0.6) is 0 Å². The monoisotopic (exact) mass is 278 g/mol. The molecule has 2 atom stereocenters. The van der Waals surface area contributed by atoms with E-state index < -0.39 is 0 Å². The standard InChI is InChI=1S/C19H22N2/c1-3-20-13-21-18-11-7-5-9-16(18)12-15-8-4-6-10-17(15)19(21)14(20)2/h4-11,14,19H,3,12-13H2,1-2H3. The average molecular weight is 278 g/mol. The lowest BCUT2D eigenvalue weighted by Crippen LogP contribution is -2.29. The zero-order chi connectivity index (χ0) is 14.4. The van der Waals surface area contributed by atoms with Crippen LogP contribution in [0.3, 0.4) is 0 Å². The van der Waals surface area contributed by atoms with Gasteiger partial charge in [0.15, 0.2) is 0 Å². The molecule has 1 fully saturated rings. The third-order valence-corrected chi connectivity index (χ3v) is 5.16. The molecule has 0 saturated carbocycles. The van der Waals surface area contributed by atoms with Crippen molar-refractivity contribution < 1.29 is 0 Å². The minimum Gasteiger partial charge on any atom is -0.350 e. The lowest BCUT2D eigenvalue weighted by Gasteiger charge is -2.28. The van der Waals surface area contributed by atoms with E-state index in [1.54, 1.807) is 0 Å². The predicted octanol–water partition coefficient (Wildman–Crippen LogP) is 3.82. The molecule has 0 aliphatic carbocycles. The third kappa shape index (κ3) is 1.90. The summed E-state index contributed by atoms with van der Waals surface area (Å²) in [5, 5.41) is 0. The Kier molecular flexibility index (Phi) is 3.00. The van der Waals surface area contributed by atoms with Crippen molar-refractivity contribution in [1.29, 1.82) is 0 Å². The van der Waals surface area contributed by atoms with Crippen LogP contribution in [0.25, 0.3) is 0 Å². The van der Waals surface area contributed by atoms with Crippen molar-refractivity contribution in [1.82, 2.24) is 4.90 Å². The van der Waals surface area contributed by atoms with Crippen LogP contribution >= 0.6 is 0 Å². The van der Waals surface area contributed by atoms with Crippen LogP contribution in [0.15, 0.2) is 48.5 Å². The van der Waals surface area contributed by atoms with Crippen molar-refractivity contribution in [3.8, 4) is 0 Å². The van der Waals surface area contributed by atoms with E-state index in [0.717, 1.165) is 19.6 Å². The number of para-hydroxylation sites is 1. The second-order valence-corrected chi connectivity index (χ2v) is 6.21. The Hall–Kier alpha value is -1.80. The molecule has 2 heteroatoms. The predicted molar refractivity (Wildman–Crippen MR) is 87.6 cm³/mol. The van der Waals surface area contributed by atoms with Gasteiger partial charge in [0.2, 0.25) is 0 Å². The Morgan fingerprint density at radius 3 is 2.52 bits per heavy atom. The summed E-state index contributed by atoms with van der Waals surface area (Å²) >= 11 is 0. The smallest absolute Gasteiger partial charge is 0.0717 e. The molecule has 0 amide bonds. The number of anilines is 1. The van der Waals surface area contributed by atoms with E-state index in [1.165, 1.54) is 22.4 Å². The van der Waals surface area contributed by atoms with Crippen molar-refractivity contribution in [2.45, 2.75) is 32.4 Å². The third-order valence-electron chi connectivity index (χ3n) is 5.16. The molecule has 21 heavy (non-hydrogen) atoms. The van der Waals surface area contributed by atoms with Gasteiger partial charge in [0.1, 0.15) is 0 Å². The highest BCUT2D eigenvalue weighted by atomic mass is 15.4. The number of likely N-dealkylation sites (N-methyl/N-ethyl adjacent to an activating group) is 1. The zero-order valence-electron chi connectivity index (χ0n) is 12.8. The summed E-state index contributed by atoms with van der Waals surface area (Å²) in [4.78, 5) is 5.18. The molecule has 108 valence electrons. The quantitative estimate of drug-likeness (QED) is 0.782. The van der Waals surface area contributed by atoms with Crippen LogP contribution in [0.4, 0.5) is 5.69 Å². The Morgan fingerprint density at radius 1 is 1.00 bits per heavy atom. The molecule has 0 N–H and O–H groups in total. The SMILES string of the molecule is CCN1CN2c3ccccc3Cc3ccccc3C2C1C. The van der Waals surface area contributed by atoms with Crippen LogP contribution in [0.1, 0.15) is 36.6 Å². The van der Waals surface area contributed by atoms with Gasteiger partial charge in [-0.3, -0.25) is 4.90 Å². The van der Waals surface area contributed by atoms with Crippen LogP contribution < -0.4 is 4.90 Å². The van der Waals surface area contributed by atoms with Gasteiger partial charge in [-0.2, -0.15) is 0 Å². The molecule has 2 unspecified atom stereocenters. The van der Waals surface area contributed by atoms with Crippen LogP contribution in [-0.4, -0.2) is 24.2 Å². The summed E-state index contributed by atoms with van der Waals surface area (Å²) in [6, 6.07) is 18.9. The first-order valence-corrected chi connectivity index (χ1v) is 7.96. The van der Waals surface area contributed by atoms with Gasteiger partial charge >= 0.3 is 0 Å². The summed E-state index contributed by atoms with van der Waals surface area (Å²) in [5.41, 5.74) is 5.87. The Morgan fingerprint density at radius 2 is 1.71 bits per heavy atom. The molecule has 2 aromatic carbocycles. The van der Waals surface area contributed by atoms with Crippen LogP contribution in [0.2, 0.25) is 0 Å². The normalized spacial score (nSPS) is 24.2. The minimum atomic E-state index is 0.477. The van der Waals surface area contributed by atoms with Gasteiger partial charge in [-0.1, -0.05) is 49.4 Å². The molecule has 0 bridgehead atoms. The van der Waals surface area contributed by atoms with Crippen LogP contribution in [0, 0.1) is 0 Å². The van der Waals surface area contributed by atoms with E-state index >= 15 is 0 Å². The average Bonchev–Trinajstić information content (AvgIpc) is 2.77. The summed E-state index contributed by atoms with van der Waals surface area (Å²) in [5.74, 6) is 0. The Bertz CT molecular complexity index is 664. The van der Waals surface area contributed by atoms with E-state index in [2.05, 4.69) is 72.2 Å². The molecule has 2 aliphatic heterocycles. The van der Waals surface area contributed by atoms with E-state index in [-0.39, 0.29) is 0 Å². The van der Waals surface area contributed by atoms with Gasteiger partial charge in [0.05, 0.1) is 12.7 Å². The van der Waals surface area contributed by atoms with E-state index in [1.807, 2.05) is 0 Å². The number of rotatable bonds is 1. The zero-order valence-corrected chi connectivity index (χ0v) is 12.8. The molecule has 2 heterocycles. The highest BCUT2D eigenvalue weighted by Gasteiger charge is 2.40. The molecule has 4 rings (SSSR count). The fraction of sp³-hybridized carbons (Fsp3) is 0.368. The Balaban J connectivity index is 1.92. The topological polar surface area (TPSA) is 6.48 Å². The molecule has 0 aromatic heterocycles. The van der Waals surface area contributed by atoms with Gasteiger partial charge in [0.25, 0.3) is 0 Å². The molecule has 2 aromatic rings. The first-order chi connectivity index (χ1) is 10.3. The van der Waals surface area contributed by atoms with E-state index in [0.29, 0.717) is 12.1 Å². The molecule has 0 radical (unpaired) electrons. The molecular formula is C19H22N2. The number of benzene rings is 2. The van der Waals surface area contributed by atoms with Crippen molar-refractivity contribution in [3.63, 3.8) is 0 Å². The first kappa shape index (κ1) is 12.9. The maximum absolute atomic E-state index is 2.61. The summed E-state index contributed by atoms with van der Waals surface area (Å²) in [6.07, 6.45) is 1.05.